The highest BCUT2D eigenvalue weighted by Gasteiger charge is 2.09. The van der Waals surface area contributed by atoms with Crippen molar-refractivity contribution >= 4 is 17.3 Å². The lowest BCUT2D eigenvalue weighted by molar-refractivity contribution is -0.139. The number of nitrogens with one attached hydrogen (secondary N) is 1. The van der Waals surface area contributed by atoms with E-state index in [2.05, 4.69) is 10.3 Å². The first-order chi connectivity index (χ1) is 5.70. The lowest BCUT2D eigenvalue weighted by Gasteiger charge is -2.06. The van der Waals surface area contributed by atoms with Crippen LogP contribution in [-0.4, -0.2) is 22.1 Å². The van der Waals surface area contributed by atoms with Crippen molar-refractivity contribution in [3.63, 3.8) is 0 Å². The van der Waals surface area contributed by atoms with Gasteiger partial charge >= 0.3 is 5.97 Å². The second-order valence-electron chi connectivity index (χ2n) is 2.41. The first-order valence-electron chi connectivity index (χ1n) is 3.53. The lowest BCUT2D eigenvalue weighted by atomic mass is 10.3. The van der Waals surface area contributed by atoms with Gasteiger partial charge in [0.1, 0.15) is 6.04 Å². The van der Waals surface area contributed by atoms with Crippen molar-refractivity contribution in [2.75, 3.05) is 0 Å². The Morgan fingerprint density at radius 1 is 1.92 bits per heavy atom. The average molecular weight is 186 g/mol. The van der Waals surface area contributed by atoms with Gasteiger partial charge in [0.05, 0.1) is 5.51 Å². The standard InChI is InChI=1S/C7H10N2O2S/c1-5(7(10)11)9-3-6-2-8-4-12-6/h2,4-5,9H,3H2,1H3,(H,10,11)/t5-/m0/s1. The maximum atomic E-state index is 10.4. The number of carbonyl (C=O) groups is 1. The summed E-state index contributed by atoms with van der Waals surface area (Å²) in [5.41, 5.74) is 1.72. The second-order valence-corrected chi connectivity index (χ2v) is 3.38. The summed E-state index contributed by atoms with van der Waals surface area (Å²) in [4.78, 5) is 15.3. The zero-order valence-corrected chi connectivity index (χ0v) is 7.47. The van der Waals surface area contributed by atoms with E-state index in [1.807, 2.05) is 0 Å². The molecule has 1 rings (SSSR count). The Kier molecular flexibility index (Phi) is 3.19. The summed E-state index contributed by atoms with van der Waals surface area (Å²) in [5.74, 6) is -0.834. The van der Waals surface area contributed by atoms with Crippen LogP contribution in [0.25, 0.3) is 0 Å². The van der Waals surface area contributed by atoms with Gasteiger partial charge in [0.15, 0.2) is 0 Å². The lowest BCUT2D eigenvalue weighted by Crippen LogP contribution is -2.32. The Balaban J connectivity index is 2.31. The van der Waals surface area contributed by atoms with Crippen molar-refractivity contribution < 1.29 is 9.90 Å². The van der Waals surface area contributed by atoms with Gasteiger partial charge < -0.3 is 5.11 Å². The fraction of sp³-hybridized carbons (Fsp3) is 0.429. The summed E-state index contributed by atoms with van der Waals surface area (Å²) >= 11 is 1.51. The third-order valence-corrected chi connectivity index (χ3v) is 2.22. The molecule has 0 aliphatic rings. The van der Waals surface area contributed by atoms with Crippen LogP contribution >= 0.6 is 11.3 Å². The molecule has 1 atom stereocenters. The molecule has 1 heterocycles. The third-order valence-electron chi connectivity index (χ3n) is 1.44. The highest BCUT2D eigenvalue weighted by Crippen LogP contribution is 2.04. The number of carboxylic acids is 1. The Hall–Kier alpha value is -0.940. The molecular weight excluding hydrogens is 176 g/mol. The van der Waals surface area contributed by atoms with Crippen LogP contribution in [0.4, 0.5) is 0 Å². The summed E-state index contributed by atoms with van der Waals surface area (Å²) in [5, 5.41) is 11.4. The van der Waals surface area contributed by atoms with Crippen molar-refractivity contribution in [2.24, 2.45) is 0 Å². The number of nitrogens with zero attached hydrogens (tertiary/aromatic N) is 1. The monoisotopic (exact) mass is 186 g/mol. The van der Waals surface area contributed by atoms with Gasteiger partial charge in [-0.1, -0.05) is 0 Å². The van der Waals surface area contributed by atoms with E-state index in [1.165, 1.54) is 11.3 Å². The number of thiazole rings is 1. The molecule has 0 bridgehead atoms. The van der Waals surface area contributed by atoms with Gasteiger partial charge in [-0.05, 0) is 6.92 Å². The van der Waals surface area contributed by atoms with Gasteiger partial charge in [-0.2, -0.15) is 0 Å². The number of hydrogen-bond donors (Lipinski definition) is 2. The summed E-state index contributed by atoms with van der Waals surface area (Å²) in [6, 6.07) is -0.507. The van der Waals surface area contributed by atoms with E-state index < -0.39 is 12.0 Å². The van der Waals surface area contributed by atoms with Crippen LogP contribution in [0.15, 0.2) is 11.7 Å². The molecule has 0 fully saturated rings. The van der Waals surface area contributed by atoms with E-state index in [-0.39, 0.29) is 0 Å². The molecule has 0 amide bonds. The van der Waals surface area contributed by atoms with Gasteiger partial charge in [0.2, 0.25) is 0 Å². The molecule has 2 N–H and O–H groups in total. The number of carboxylic acid groups (broad SMARTS) is 1. The molecule has 5 heteroatoms. The van der Waals surface area contributed by atoms with E-state index in [9.17, 15) is 4.79 Å². The quantitative estimate of drug-likeness (QED) is 0.726. The van der Waals surface area contributed by atoms with Crippen molar-refractivity contribution in [1.29, 1.82) is 0 Å². The minimum atomic E-state index is -0.834. The SMILES string of the molecule is C[C@H](NCc1cncs1)C(=O)O. The average Bonchev–Trinajstić information content (AvgIpc) is 2.51. The highest BCUT2D eigenvalue weighted by atomic mass is 32.1. The molecule has 0 saturated heterocycles. The number of hydrogen-bond acceptors (Lipinski definition) is 4. The molecule has 66 valence electrons. The van der Waals surface area contributed by atoms with E-state index >= 15 is 0 Å². The van der Waals surface area contributed by atoms with Gasteiger partial charge in [0.25, 0.3) is 0 Å². The molecule has 0 radical (unpaired) electrons. The van der Waals surface area contributed by atoms with Crippen molar-refractivity contribution in [3.05, 3.63) is 16.6 Å². The van der Waals surface area contributed by atoms with E-state index in [0.29, 0.717) is 6.54 Å². The molecule has 0 unspecified atom stereocenters. The van der Waals surface area contributed by atoms with Crippen molar-refractivity contribution in [1.82, 2.24) is 10.3 Å². The highest BCUT2D eigenvalue weighted by molar-refractivity contribution is 7.09. The van der Waals surface area contributed by atoms with Crippen LogP contribution < -0.4 is 5.32 Å². The number of aromatic nitrogens is 1. The predicted molar refractivity (Wildman–Crippen MR) is 46.1 cm³/mol. The topological polar surface area (TPSA) is 62.2 Å². The molecule has 1 aromatic heterocycles. The van der Waals surface area contributed by atoms with Crippen LogP contribution in [0.2, 0.25) is 0 Å². The largest absolute Gasteiger partial charge is 0.480 e. The van der Waals surface area contributed by atoms with Gasteiger partial charge in [-0.15, -0.1) is 11.3 Å². The van der Waals surface area contributed by atoms with Gasteiger partial charge in [-0.3, -0.25) is 15.1 Å². The van der Waals surface area contributed by atoms with Gasteiger partial charge in [-0.25, -0.2) is 0 Å². The maximum absolute atomic E-state index is 10.4. The molecule has 1 aromatic rings. The zero-order valence-electron chi connectivity index (χ0n) is 6.65. The molecule has 12 heavy (non-hydrogen) atoms. The number of aliphatic carboxylic acids is 1. The summed E-state index contributed by atoms with van der Waals surface area (Å²) in [6.07, 6.45) is 1.73. The Labute approximate surface area is 74.3 Å². The molecule has 0 aromatic carbocycles. The maximum Gasteiger partial charge on any atom is 0.320 e. The molecular formula is C7H10N2O2S. The van der Waals surface area contributed by atoms with E-state index in [0.717, 1.165) is 4.88 Å². The van der Waals surface area contributed by atoms with Gasteiger partial charge in [0, 0.05) is 17.6 Å². The van der Waals surface area contributed by atoms with E-state index in [1.54, 1.807) is 18.6 Å². The van der Waals surface area contributed by atoms with Crippen LogP contribution in [0.5, 0.6) is 0 Å². The number of rotatable bonds is 4. The Bertz CT molecular complexity index is 248. The fourth-order valence-electron chi connectivity index (χ4n) is 0.670. The molecule has 0 aliphatic heterocycles. The summed E-state index contributed by atoms with van der Waals surface area (Å²) in [7, 11) is 0. The minimum Gasteiger partial charge on any atom is -0.480 e. The van der Waals surface area contributed by atoms with E-state index in [4.69, 9.17) is 5.11 Å². The Morgan fingerprint density at radius 2 is 2.67 bits per heavy atom. The third kappa shape index (κ3) is 2.60. The second kappa shape index (κ2) is 4.18. The molecule has 0 saturated carbocycles. The smallest absolute Gasteiger partial charge is 0.320 e. The van der Waals surface area contributed by atoms with Crippen LogP contribution in [-0.2, 0) is 11.3 Å². The normalized spacial score (nSPS) is 12.8. The summed E-state index contributed by atoms with van der Waals surface area (Å²) in [6.45, 7) is 2.18. The minimum absolute atomic E-state index is 0.507. The molecule has 4 nitrogen and oxygen atoms in total. The van der Waals surface area contributed by atoms with Crippen molar-refractivity contribution in [3.8, 4) is 0 Å². The first kappa shape index (κ1) is 9.15. The first-order valence-corrected chi connectivity index (χ1v) is 4.41. The van der Waals surface area contributed by atoms with Crippen LogP contribution in [0, 0.1) is 0 Å². The fourth-order valence-corrected chi connectivity index (χ4v) is 1.22. The van der Waals surface area contributed by atoms with Crippen LogP contribution in [0.3, 0.4) is 0 Å². The molecule has 0 spiro atoms. The Morgan fingerprint density at radius 3 is 3.17 bits per heavy atom. The summed E-state index contributed by atoms with van der Waals surface area (Å²) < 4.78 is 0. The molecule has 0 aliphatic carbocycles. The zero-order chi connectivity index (χ0) is 8.97. The van der Waals surface area contributed by atoms with Crippen LogP contribution in [0.1, 0.15) is 11.8 Å². The van der Waals surface area contributed by atoms with Crippen molar-refractivity contribution in [2.45, 2.75) is 19.5 Å². The predicted octanol–water partition coefficient (Wildman–Crippen LogP) is 0.706.